The van der Waals surface area contributed by atoms with Crippen LogP contribution in [0.25, 0.3) is 144 Å². The molecule has 20 aromatic rings. The highest BCUT2D eigenvalue weighted by Gasteiger charge is 2.22. The van der Waals surface area contributed by atoms with E-state index in [1.807, 2.05) is 223 Å². The number of hydrogen-bond acceptors (Lipinski definition) is 2. The third-order valence-electron chi connectivity index (χ3n) is 20.4. The lowest BCUT2D eigenvalue weighted by atomic mass is 10.0. The van der Waals surface area contributed by atoms with E-state index in [4.69, 9.17) is 9.60 Å². The molecule has 0 N–H and O–H groups in total. The summed E-state index contributed by atoms with van der Waals surface area (Å²) in [5.74, 6) is 0. The summed E-state index contributed by atoms with van der Waals surface area (Å²) in [6.45, 7) is 0. The molecule has 20 rings (SSSR count). The van der Waals surface area contributed by atoms with E-state index in [2.05, 4.69) is 118 Å². The third kappa shape index (κ3) is 13.4. The molecule has 0 fully saturated rings. The van der Waals surface area contributed by atoms with E-state index in [1.54, 1.807) is 30.3 Å². The van der Waals surface area contributed by atoms with Gasteiger partial charge in [-0.05, 0) is 199 Å². The Kier molecular flexibility index (Phi) is 14.2. The van der Waals surface area contributed by atoms with E-state index >= 15 is 0 Å². The van der Waals surface area contributed by atoms with Crippen molar-refractivity contribution in [3.05, 3.63) is 461 Å². The van der Waals surface area contributed by atoms with Gasteiger partial charge in [0.2, 0.25) is 0 Å². The minimum Gasteiger partial charge on any atom is -0.310 e. The first kappa shape index (κ1) is 52.2. The number of rotatable bonds is 16. The fraction of sp³-hybridized carbons (Fsp3) is 0. The Balaban J connectivity index is 0.000000168. The zero-order valence-electron chi connectivity index (χ0n) is 76.4. The van der Waals surface area contributed by atoms with Gasteiger partial charge in [-0.25, -0.2) is 0 Å². The lowest BCUT2D eigenvalue weighted by Crippen LogP contribution is -2.10. The Bertz CT molecular complexity index is 7660. The van der Waals surface area contributed by atoms with Crippen molar-refractivity contribution in [1.29, 1.82) is 0 Å². The molecule has 0 aliphatic heterocycles. The molecule has 0 aliphatic rings. The molecule has 2 aromatic heterocycles. The van der Waals surface area contributed by atoms with E-state index in [0.29, 0.717) is 11.1 Å². The smallest absolute Gasteiger partial charge is 0.0645 e. The molecule has 0 saturated heterocycles. The summed E-state index contributed by atoms with van der Waals surface area (Å²) in [6, 6.07) is 112. The van der Waals surface area contributed by atoms with Crippen molar-refractivity contribution in [3.63, 3.8) is 0 Å². The standard InChI is InChI=1S/2C54H38N2/c2*1-4-15-39(16-5-1)41-27-32-46(33-28-41)55(48-22-14-21-44(37-48)40-17-6-2-7-18-40)47-34-29-42(30-35-47)45-31-36-54-51(38-45)50-24-11-13-26-53(50)56(54)52-25-12-10-23-49(52)43-19-8-3-9-20-43/h2*1-38H/i2D,6D,7D,14D,17D,18D,21D,22D,29D,30D,34D,35D;29D,30D,34D,35D. The van der Waals surface area contributed by atoms with E-state index in [1.165, 1.54) is 11.0 Å². The topological polar surface area (TPSA) is 16.3 Å². The van der Waals surface area contributed by atoms with Gasteiger partial charge in [-0.15, -0.1) is 0 Å². The first-order valence-corrected chi connectivity index (χ1v) is 37.1. The molecule has 0 spiro atoms. The maximum absolute atomic E-state index is 9.66. The summed E-state index contributed by atoms with van der Waals surface area (Å²) in [6.07, 6.45) is 0. The number of benzene rings is 18. The van der Waals surface area contributed by atoms with Gasteiger partial charge in [-0.3, -0.25) is 0 Å². The summed E-state index contributed by atoms with van der Waals surface area (Å²) >= 11 is 0. The predicted octanol–water partition coefficient (Wildman–Crippen LogP) is 29.8. The van der Waals surface area contributed by atoms with Gasteiger partial charge in [0.1, 0.15) is 0 Å². The summed E-state index contributed by atoms with van der Waals surface area (Å²) in [5, 5.41) is 3.75. The highest BCUT2D eigenvalue weighted by molar-refractivity contribution is 6.12. The van der Waals surface area contributed by atoms with Crippen LogP contribution in [-0.2, 0) is 0 Å². The lowest BCUT2D eigenvalue weighted by Gasteiger charge is -2.26. The quantitative estimate of drug-likeness (QED) is 0.0959. The SMILES string of the molecule is [2H]c1c(-c2c([2H])c([2H])c([2H])c([2H])c2[2H])cc(N(c2ccc(-c3ccccc3)cc2)c2c([2H])c([2H])c(-c3ccc4c(c3)c3ccccc3n4-c3ccccc3-c3ccccc3)c([2H])c2[2H])c([2H])c1[2H].[2H]c1c([2H])c(N(c2ccc(-c3ccccc3)cc2)c2cccc(-c3ccccc3)c2)c([2H])c([2H])c1-c1ccc2c(c1)c1ccccc1n2-c1ccccc1-c1ccccc1. The highest BCUT2D eigenvalue weighted by Crippen LogP contribution is 2.45. The number of anilines is 6. The van der Waals surface area contributed by atoms with E-state index in [0.717, 1.165) is 122 Å². The summed E-state index contributed by atoms with van der Waals surface area (Å²) in [5.41, 5.74) is 18.2. The number of hydrogen-bond donors (Lipinski definition) is 0. The van der Waals surface area contributed by atoms with Crippen molar-refractivity contribution in [2.75, 3.05) is 9.80 Å². The second-order valence-electron chi connectivity index (χ2n) is 27.1. The van der Waals surface area contributed by atoms with Crippen molar-refractivity contribution in [2.45, 2.75) is 0 Å². The maximum Gasteiger partial charge on any atom is 0.0645 e. The molecule has 0 radical (unpaired) electrons. The van der Waals surface area contributed by atoms with Crippen LogP contribution >= 0.6 is 0 Å². The molecule has 18 aromatic carbocycles. The molecule has 0 atom stereocenters. The highest BCUT2D eigenvalue weighted by atomic mass is 15.1. The van der Waals surface area contributed by atoms with Gasteiger partial charge in [0, 0.05) is 66.8 Å². The van der Waals surface area contributed by atoms with E-state index in [-0.39, 0.29) is 81.3 Å². The first-order valence-electron chi connectivity index (χ1n) is 45.1. The van der Waals surface area contributed by atoms with Crippen molar-refractivity contribution < 1.29 is 21.9 Å². The second kappa shape index (κ2) is 30.4. The monoisotopic (exact) mass is 1440 g/mol. The van der Waals surface area contributed by atoms with Crippen molar-refractivity contribution in [2.24, 2.45) is 0 Å². The first-order chi connectivity index (χ1) is 62.2. The molecule has 0 amide bonds. The van der Waals surface area contributed by atoms with Crippen LogP contribution in [0.1, 0.15) is 21.9 Å². The molecule has 0 bridgehead atoms. The van der Waals surface area contributed by atoms with Gasteiger partial charge < -0.3 is 18.9 Å². The zero-order chi connectivity index (χ0) is 88.4. The van der Waals surface area contributed by atoms with Gasteiger partial charge in [0.25, 0.3) is 0 Å². The molecule has 528 valence electrons. The van der Waals surface area contributed by atoms with Gasteiger partial charge in [0.15, 0.2) is 0 Å². The molecule has 4 heteroatoms. The van der Waals surface area contributed by atoms with Crippen LogP contribution in [-0.4, -0.2) is 9.13 Å². The Morgan fingerprint density at radius 1 is 0.170 bits per heavy atom. The zero-order valence-corrected chi connectivity index (χ0v) is 60.4. The molecule has 0 saturated carbocycles. The summed E-state index contributed by atoms with van der Waals surface area (Å²) in [7, 11) is 0. The van der Waals surface area contributed by atoms with Crippen LogP contribution in [0.5, 0.6) is 0 Å². The molecular weight excluding hydrogens is 1350 g/mol. The van der Waals surface area contributed by atoms with Crippen LogP contribution < -0.4 is 9.80 Å². The molecule has 2 heterocycles. The minimum absolute atomic E-state index is 0.0418. The number of aromatic nitrogens is 2. The van der Waals surface area contributed by atoms with Gasteiger partial charge in [0.05, 0.1) is 55.4 Å². The van der Waals surface area contributed by atoms with Crippen LogP contribution in [0, 0.1) is 0 Å². The third-order valence-corrected chi connectivity index (χ3v) is 20.4. The molecule has 0 aliphatic carbocycles. The average Bonchev–Trinajstić information content (AvgIpc) is 1.55. The van der Waals surface area contributed by atoms with Crippen LogP contribution in [0.4, 0.5) is 34.1 Å². The Hall–Kier alpha value is -14.8. The fourth-order valence-corrected chi connectivity index (χ4v) is 15.1. The Morgan fingerprint density at radius 2 is 0.500 bits per heavy atom. The van der Waals surface area contributed by atoms with Gasteiger partial charge >= 0.3 is 0 Å². The maximum atomic E-state index is 9.66. The molecular formula is C108H76N4. The van der Waals surface area contributed by atoms with Crippen LogP contribution in [0.3, 0.4) is 0 Å². The fourth-order valence-electron chi connectivity index (χ4n) is 15.1. The minimum atomic E-state index is -0.647. The number of para-hydroxylation sites is 4. The van der Waals surface area contributed by atoms with E-state index < -0.39 is 60.4 Å². The lowest BCUT2D eigenvalue weighted by molar-refractivity contribution is 1.18. The number of fused-ring (bicyclic) bond motifs is 6. The van der Waals surface area contributed by atoms with Gasteiger partial charge in [-0.2, -0.15) is 0 Å². The van der Waals surface area contributed by atoms with Gasteiger partial charge in [-0.1, -0.05) is 339 Å². The molecule has 0 unspecified atom stereocenters. The average molecular weight is 1450 g/mol. The Labute approximate surface area is 676 Å². The molecule has 4 nitrogen and oxygen atoms in total. The predicted molar refractivity (Wildman–Crippen MR) is 474 cm³/mol. The van der Waals surface area contributed by atoms with Crippen molar-refractivity contribution >= 4 is 77.7 Å². The summed E-state index contributed by atoms with van der Waals surface area (Å²) < 4.78 is 151. The van der Waals surface area contributed by atoms with Crippen LogP contribution in [0.2, 0.25) is 0 Å². The summed E-state index contributed by atoms with van der Waals surface area (Å²) in [4.78, 5) is 3.17. The molecule has 112 heavy (non-hydrogen) atoms. The van der Waals surface area contributed by atoms with Crippen molar-refractivity contribution in [3.8, 4) is 100 Å². The van der Waals surface area contributed by atoms with Crippen LogP contribution in [0.15, 0.2) is 461 Å². The number of nitrogens with zero attached hydrogens (tertiary/aromatic N) is 4. The normalized spacial score (nSPS) is 13.2. The van der Waals surface area contributed by atoms with Crippen molar-refractivity contribution in [1.82, 2.24) is 9.13 Å². The largest absolute Gasteiger partial charge is 0.310 e. The second-order valence-corrected chi connectivity index (χ2v) is 27.1. The Morgan fingerprint density at radius 3 is 0.964 bits per heavy atom. The van der Waals surface area contributed by atoms with E-state index in [9.17, 15) is 12.3 Å².